The van der Waals surface area contributed by atoms with Crippen molar-refractivity contribution < 1.29 is 4.39 Å². The van der Waals surface area contributed by atoms with Gasteiger partial charge in [-0.25, -0.2) is 9.37 Å². The molecule has 2 aromatic rings. The molecule has 2 rings (SSSR count). The van der Waals surface area contributed by atoms with Crippen LogP contribution in [0.3, 0.4) is 0 Å². The van der Waals surface area contributed by atoms with E-state index < -0.39 is 0 Å². The third kappa shape index (κ3) is 2.17. The first-order valence-electron chi connectivity index (χ1n) is 5.86. The van der Waals surface area contributed by atoms with Gasteiger partial charge in [-0.3, -0.25) is 0 Å². The van der Waals surface area contributed by atoms with Gasteiger partial charge in [0.1, 0.15) is 11.3 Å². The quantitative estimate of drug-likeness (QED) is 0.886. The van der Waals surface area contributed by atoms with Gasteiger partial charge in [-0.1, -0.05) is 19.9 Å². The van der Waals surface area contributed by atoms with Gasteiger partial charge >= 0.3 is 0 Å². The SMILES string of the molecule is CC(C)C(N)Cc1nc2c(F)cccc2n1C. The molecule has 17 heavy (non-hydrogen) atoms. The molecule has 0 bridgehead atoms. The summed E-state index contributed by atoms with van der Waals surface area (Å²) in [6.45, 7) is 4.15. The zero-order chi connectivity index (χ0) is 12.6. The van der Waals surface area contributed by atoms with Crippen molar-refractivity contribution >= 4 is 11.0 Å². The Morgan fingerprint density at radius 2 is 2.12 bits per heavy atom. The molecule has 1 atom stereocenters. The van der Waals surface area contributed by atoms with Gasteiger partial charge in [-0.2, -0.15) is 0 Å². The van der Waals surface area contributed by atoms with E-state index in [1.807, 2.05) is 17.7 Å². The van der Waals surface area contributed by atoms with Crippen LogP contribution in [0, 0.1) is 11.7 Å². The summed E-state index contributed by atoms with van der Waals surface area (Å²) in [5.74, 6) is 0.952. The first kappa shape index (κ1) is 12.0. The Bertz CT molecular complexity index is 531. The lowest BCUT2D eigenvalue weighted by molar-refractivity contribution is 0.477. The normalized spacial score (nSPS) is 13.5. The number of para-hydroxylation sites is 1. The predicted molar refractivity (Wildman–Crippen MR) is 67.2 cm³/mol. The molecule has 0 radical (unpaired) electrons. The maximum absolute atomic E-state index is 13.6. The molecule has 1 heterocycles. The summed E-state index contributed by atoms with van der Waals surface area (Å²) in [5.41, 5.74) is 7.28. The number of benzene rings is 1. The highest BCUT2D eigenvalue weighted by Crippen LogP contribution is 2.19. The third-order valence-corrected chi connectivity index (χ3v) is 3.23. The van der Waals surface area contributed by atoms with Gasteiger partial charge in [0, 0.05) is 19.5 Å². The highest BCUT2D eigenvalue weighted by Gasteiger charge is 2.15. The fourth-order valence-electron chi connectivity index (χ4n) is 1.86. The maximum Gasteiger partial charge on any atom is 0.151 e. The predicted octanol–water partition coefficient (Wildman–Crippen LogP) is 2.24. The van der Waals surface area contributed by atoms with E-state index >= 15 is 0 Å². The van der Waals surface area contributed by atoms with Crippen LogP contribution in [0.4, 0.5) is 4.39 Å². The second kappa shape index (κ2) is 4.45. The standard InChI is InChI=1S/C13H18FN3/c1-8(2)10(15)7-12-16-13-9(14)5-4-6-11(13)17(12)3/h4-6,8,10H,7,15H2,1-3H3. The van der Waals surface area contributed by atoms with Gasteiger partial charge in [0.2, 0.25) is 0 Å². The molecule has 0 aliphatic rings. The number of halogens is 1. The van der Waals surface area contributed by atoms with Crippen molar-refractivity contribution in [3.8, 4) is 0 Å². The molecule has 2 N–H and O–H groups in total. The van der Waals surface area contributed by atoms with Crippen LogP contribution in [0.15, 0.2) is 18.2 Å². The smallest absolute Gasteiger partial charge is 0.151 e. The van der Waals surface area contributed by atoms with Crippen LogP contribution in [-0.4, -0.2) is 15.6 Å². The Morgan fingerprint density at radius 3 is 2.71 bits per heavy atom. The van der Waals surface area contributed by atoms with Gasteiger partial charge < -0.3 is 10.3 Å². The Morgan fingerprint density at radius 1 is 1.41 bits per heavy atom. The van der Waals surface area contributed by atoms with Crippen molar-refractivity contribution in [3.63, 3.8) is 0 Å². The summed E-state index contributed by atoms with van der Waals surface area (Å²) in [6, 6.07) is 5.05. The molecule has 92 valence electrons. The minimum atomic E-state index is -0.275. The monoisotopic (exact) mass is 235 g/mol. The Balaban J connectivity index is 2.42. The van der Waals surface area contributed by atoms with Crippen LogP contribution >= 0.6 is 0 Å². The molecule has 0 saturated carbocycles. The number of fused-ring (bicyclic) bond motifs is 1. The number of hydrogen-bond acceptors (Lipinski definition) is 2. The van der Waals surface area contributed by atoms with Crippen molar-refractivity contribution in [3.05, 3.63) is 29.8 Å². The highest BCUT2D eigenvalue weighted by molar-refractivity contribution is 5.76. The summed E-state index contributed by atoms with van der Waals surface area (Å²) in [6.07, 6.45) is 0.669. The molecule has 3 nitrogen and oxygen atoms in total. The lowest BCUT2D eigenvalue weighted by Gasteiger charge is -2.14. The minimum Gasteiger partial charge on any atom is -0.331 e. The average molecular weight is 235 g/mol. The topological polar surface area (TPSA) is 43.8 Å². The lowest BCUT2D eigenvalue weighted by atomic mass is 10.0. The van der Waals surface area contributed by atoms with E-state index in [4.69, 9.17) is 5.73 Å². The number of nitrogens with two attached hydrogens (primary N) is 1. The molecule has 0 aliphatic carbocycles. The van der Waals surface area contributed by atoms with Crippen molar-refractivity contribution in [1.82, 2.24) is 9.55 Å². The minimum absolute atomic E-state index is 0.0496. The van der Waals surface area contributed by atoms with Crippen LogP contribution in [0.1, 0.15) is 19.7 Å². The van der Waals surface area contributed by atoms with Crippen molar-refractivity contribution in [2.75, 3.05) is 0 Å². The van der Waals surface area contributed by atoms with E-state index in [0.29, 0.717) is 17.9 Å². The number of imidazole rings is 1. The van der Waals surface area contributed by atoms with E-state index in [-0.39, 0.29) is 11.9 Å². The lowest BCUT2D eigenvalue weighted by Crippen LogP contribution is -2.29. The van der Waals surface area contributed by atoms with Crippen LogP contribution in [0.5, 0.6) is 0 Å². The van der Waals surface area contributed by atoms with E-state index in [1.165, 1.54) is 6.07 Å². The van der Waals surface area contributed by atoms with Crippen molar-refractivity contribution in [2.45, 2.75) is 26.3 Å². The number of nitrogens with zero attached hydrogens (tertiary/aromatic N) is 2. The first-order valence-corrected chi connectivity index (χ1v) is 5.86. The first-order chi connectivity index (χ1) is 8.00. The van der Waals surface area contributed by atoms with Gasteiger partial charge in [0.25, 0.3) is 0 Å². The van der Waals surface area contributed by atoms with Crippen LogP contribution in [0.2, 0.25) is 0 Å². The Kier molecular flexibility index (Phi) is 3.15. The van der Waals surface area contributed by atoms with Crippen LogP contribution in [0.25, 0.3) is 11.0 Å². The summed E-state index contributed by atoms with van der Waals surface area (Å²) in [5, 5.41) is 0. The molecule has 1 aromatic heterocycles. The third-order valence-electron chi connectivity index (χ3n) is 3.23. The Labute approximate surface area is 100 Å². The average Bonchev–Trinajstić information content (AvgIpc) is 2.58. The van der Waals surface area contributed by atoms with Gasteiger partial charge in [0.05, 0.1) is 5.52 Å². The molecule has 1 aromatic carbocycles. The summed E-state index contributed by atoms with van der Waals surface area (Å²) >= 11 is 0. The zero-order valence-corrected chi connectivity index (χ0v) is 10.4. The second-order valence-corrected chi connectivity index (χ2v) is 4.81. The van der Waals surface area contributed by atoms with Crippen LogP contribution in [-0.2, 0) is 13.5 Å². The molecule has 4 heteroatoms. The summed E-state index contributed by atoms with van der Waals surface area (Å²) < 4.78 is 15.5. The fourth-order valence-corrected chi connectivity index (χ4v) is 1.86. The number of aromatic nitrogens is 2. The van der Waals surface area contributed by atoms with Gasteiger partial charge in [0.15, 0.2) is 5.82 Å². The van der Waals surface area contributed by atoms with Gasteiger partial charge in [-0.05, 0) is 18.1 Å². The van der Waals surface area contributed by atoms with Crippen molar-refractivity contribution in [2.24, 2.45) is 18.7 Å². The van der Waals surface area contributed by atoms with E-state index in [2.05, 4.69) is 18.8 Å². The zero-order valence-electron chi connectivity index (χ0n) is 10.4. The van der Waals surface area contributed by atoms with E-state index in [1.54, 1.807) is 6.07 Å². The second-order valence-electron chi connectivity index (χ2n) is 4.81. The number of rotatable bonds is 3. The summed E-state index contributed by atoms with van der Waals surface area (Å²) in [7, 11) is 1.90. The molecule has 0 saturated heterocycles. The Hall–Kier alpha value is -1.42. The molecule has 0 spiro atoms. The van der Waals surface area contributed by atoms with Gasteiger partial charge in [-0.15, -0.1) is 0 Å². The van der Waals surface area contributed by atoms with Crippen molar-refractivity contribution in [1.29, 1.82) is 0 Å². The fraction of sp³-hybridized carbons (Fsp3) is 0.462. The maximum atomic E-state index is 13.6. The number of aryl methyl sites for hydroxylation is 1. The molecule has 0 fully saturated rings. The van der Waals surface area contributed by atoms with E-state index in [9.17, 15) is 4.39 Å². The molecule has 0 aliphatic heterocycles. The number of hydrogen-bond donors (Lipinski definition) is 1. The molecular formula is C13H18FN3. The summed E-state index contributed by atoms with van der Waals surface area (Å²) in [4.78, 5) is 4.34. The molecule has 1 unspecified atom stereocenters. The highest BCUT2D eigenvalue weighted by atomic mass is 19.1. The molecular weight excluding hydrogens is 217 g/mol. The van der Waals surface area contributed by atoms with Crippen LogP contribution < -0.4 is 5.73 Å². The molecule has 0 amide bonds. The van der Waals surface area contributed by atoms with E-state index in [0.717, 1.165) is 11.3 Å². The largest absolute Gasteiger partial charge is 0.331 e.